The summed E-state index contributed by atoms with van der Waals surface area (Å²) in [6.45, 7) is 2.83. The van der Waals surface area contributed by atoms with Crippen LogP contribution < -0.4 is 10.6 Å². The van der Waals surface area contributed by atoms with Crippen molar-refractivity contribution < 1.29 is 13.2 Å². The van der Waals surface area contributed by atoms with Crippen LogP contribution in [-0.4, -0.2) is 29.2 Å². The van der Waals surface area contributed by atoms with E-state index in [2.05, 4.69) is 36.5 Å². The smallest absolute Gasteiger partial charge is 0.369 e. The van der Waals surface area contributed by atoms with Crippen LogP contribution in [-0.2, 0) is 0 Å². The molecule has 0 amide bonds. The van der Waals surface area contributed by atoms with Crippen molar-refractivity contribution in [3.05, 3.63) is 10.8 Å². The summed E-state index contributed by atoms with van der Waals surface area (Å²) < 4.78 is 36.5. The highest BCUT2D eigenvalue weighted by molar-refractivity contribution is 9.10. The Balaban J connectivity index is 2.50. The highest BCUT2D eigenvalue weighted by atomic mass is 79.9. The molecule has 0 spiro atoms. The summed E-state index contributed by atoms with van der Waals surface area (Å²) in [4.78, 5) is 7.97. The molecule has 1 aromatic rings. The van der Waals surface area contributed by atoms with Crippen LogP contribution in [0.5, 0.6) is 0 Å². The van der Waals surface area contributed by atoms with Gasteiger partial charge in [0.05, 0.1) is 0 Å². The molecule has 0 unspecified atom stereocenters. The maximum Gasteiger partial charge on any atom is 0.389 e. The van der Waals surface area contributed by atoms with Crippen molar-refractivity contribution in [2.75, 3.05) is 23.7 Å². The van der Waals surface area contributed by atoms with Crippen LogP contribution in [0.15, 0.2) is 10.8 Å². The highest BCUT2D eigenvalue weighted by Crippen LogP contribution is 2.26. The fourth-order valence-corrected chi connectivity index (χ4v) is 1.76. The molecule has 2 N–H and O–H groups in total. The van der Waals surface area contributed by atoms with Gasteiger partial charge in [-0.15, -0.1) is 0 Å². The molecule has 18 heavy (non-hydrogen) atoms. The third kappa shape index (κ3) is 5.07. The average molecular weight is 327 g/mol. The minimum absolute atomic E-state index is 0.0104. The number of hydrogen-bond donors (Lipinski definition) is 2. The number of aromatic nitrogens is 2. The van der Waals surface area contributed by atoms with Crippen molar-refractivity contribution in [1.29, 1.82) is 0 Å². The second kappa shape index (κ2) is 6.77. The summed E-state index contributed by atoms with van der Waals surface area (Å²) in [6, 6.07) is 0. The van der Waals surface area contributed by atoms with Gasteiger partial charge in [0.15, 0.2) is 0 Å². The van der Waals surface area contributed by atoms with Gasteiger partial charge in [0.2, 0.25) is 0 Å². The van der Waals surface area contributed by atoms with Crippen LogP contribution in [0.2, 0.25) is 0 Å². The van der Waals surface area contributed by atoms with Gasteiger partial charge in [-0.1, -0.05) is 0 Å². The Bertz CT molecular complexity index is 384. The first kappa shape index (κ1) is 15.0. The van der Waals surface area contributed by atoms with Gasteiger partial charge in [-0.05, 0) is 29.3 Å². The van der Waals surface area contributed by atoms with Crippen LogP contribution in [0.4, 0.5) is 24.8 Å². The van der Waals surface area contributed by atoms with Gasteiger partial charge in [0, 0.05) is 19.5 Å². The van der Waals surface area contributed by atoms with Gasteiger partial charge in [-0.3, -0.25) is 0 Å². The monoisotopic (exact) mass is 326 g/mol. The number of rotatable bonds is 6. The van der Waals surface area contributed by atoms with Crippen LogP contribution in [0.3, 0.4) is 0 Å². The summed E-state index contributed by atoms with van der Waals surface area (Å²) in [6.07, 6.45) is -3.55. The molecule has 0 atom stereocenters. The molecule has 0 radical (unpaired) electrons. The van der Waals surface area contributed by atoms with E-state index in [9.17, 15) is 13.2 Å². The Kier molecular flexibility index (Phi) is 5.64. The Morgan fingerprint density at radius 1 is 1.22 bits per heavy atom. The van der Waals surface area contributed by atoms with Crippen molar-refractivity contribution in [3.8, 4) is 0 Å². The first-order chi connectivity index (χ1) is 8.44. The highest BCUT2D eigenvalue weighted by Gasteiger charge is 2.25. The zero-order valence-electron chi connectivity index (χ0n) is 9.81. The maximum absolute atomic E-state index is 12.0. The summed E-state index contributed by atoms with van der Waals surface area (Å²) >= 11 is 3.30. The number of hydrogen-bond acceptors (Lipinski definition) is 4. The Morgan fingerprint density at radius 2 is 1.83 bits per heavy atom. The van der Waals surface area contributed by atoms with Crippen LogP contribution in [0.1, 0.15) is 19.8 Å². The topological polar surface area (TPSA) is 49.8 Å². The van der Waals surface area contributed by atoms with Crippen LogP contribution in [0, 0.1) is 0 Å². The van der Waals surface area contributed by atoms with Crippen LogP contribution in [0.25, 0.3) is 0 Å². The number of nitrogens with zero attached hydrogens (tertiary/aromatic N) is 2. The summed E-state index contributed by atoms with van der Waals surface area (Å²) in [7, 11) is 0. The summed E-state index contributed by atoms with van der Waals surface area (Å²) in [5.74, 6) is 1.11. The quantitative estimate of drug-likeness (QED) is 0.786. The molecule has 4 nitrogen and oxygen atoms in total. The predicted molar refractivity (Wildman–Crippen MR) is 67.7 cm³/mol. The predicted octanol–water partition coefficient (Wildman–Crippen LogP) is 3.43. The van der Waals surface area contributed by atoms with E-state index in [0.717, 1.165) is 0 Å². The number of halogens is 4. The SMILES string of the molecule is CCNc1ncnc(NCCCC(F)(F)F)c1Br. The lowest BCUT2D eigenvalue weighted by Gasteiger charge is -2.11. The molecule has 1 rings (SSSR count). The van der Waals surface area contributed by atoms with E-state index in [-0.39, 0.29) is 13.0 Å². The second-order valence-electron chi connectivity index (χ2n) is 3.56. The zero-order valence-corrected chi connectivity index (χ0v) is 11.4. The van der Waals surface area contributed by atoms with Crippen molar-refractivity contribution in [1.82, 2.24) is 9.97 Å². The van der Waals surface area contributed by atoms with E-state index in [0.29, 0.717) is 22.7 Å². The molecule has 102 valence electrons. The van der Waals surface area contributed by atoms with E-state index in [1.165, 1.54) is 6.33 Å². The fourth-order valence-electron chi connectivity index (χ4n) is 1.28. The normalized spacial score (nSPS) is 11.4. The summed E-state index contributed by atoms with van der Waals surface area (Å²) in [5.41, 5.74) is 0. The Morgan fingerprint density at radius 3 is 2.39 bits per heavy atom. The standard InChI is InChI=1S/C10H14BrF3N4/c1-2-15-8-7(11)9(18-6-17-8)16-5-3-4-10(12,13)14/h6H,2-5H2,1H3,(H2,15,16,17,18). The van der Waals surface area contributed by atoms with Crippen molar-refractivity contribution in [2.24, 2.45) is 0 Å². The molecule has 0 aliphatic carbocycles. The number of nitrogens with one attached hydrogen (secondary N) is 2. The van der Waals surface area contributed by atoms with E-state index in [4.69, 9.17) is 0 Å². The number of anilines is 2. The molecule has 0 aliphatic heterocycles. The first-order valence-electron chi connectivity index (χ1n) is 5.49. The van der Waals surface area contributed by atoms with E-state index in [1.807, 2.05) is 6.92 Å². The number of alkyl halides is 3. The van der Waals surface area contributed by atoms with Crippen molar-refractivity contribution in [3.63, 3.8) is 0 Å². The molecule has 0 aromatic carbocycles. The third-order valence-corrected chi connectivity index (χ3v) is 2.81. The third-order valence-electron chi connectivity index (χ3n) is 2.06. The Labute approximate surface area is 112 Å². The first-order valence-corrected chi connectivity index (χ1v) is 6.28. The molecular formula is C10H14BrF3N4. The Hall–Kier alpha value is -1.05. The fraction of sp³-hybridized carbons (Fsp3) is 0.600. The van der Waals surface area contributed by atoms with E-state index >= 15 is 0 Å². The summed E-state index contributed by atoms with van der Waals surface area (Å²) in [5, 5.41) is 5.86. The lowest BCUT2D eigenvalue weighted by molar-refractivity contribution is -0.134. The van der Waals surface area contributed by atoms with Gasteiger partial charge in [0.1, 0.15) is 22.4 Å². The van der Waals surface area contributed by atoms with Gasteiger partial charge < -0.3 is 10.6 Å². The molecule has 0 saturated heterocycles. The molecule has 1 heterocycles. The van der Waals surface area contributed by atoms with E-state index < -0.39 is 12.6 Å². The van der Waals surface area contributed by atoms with Gasteiger partial charge in [-0.25, -0.2) is 9.97 Å². The molecule has 8 heteroatoms. The molecule has 0 saturated carbocycles. The maximum atomic E-state index is 12.0. The largest absolute Gasteiger partial charge is 0.389 e. The van der Waals surface area contributed by atoms with Crippen LogP contribution >= 0.6 is 15.9 Å². The minimum atomic E-state index is -4.11. The second-order valence-corrected chi connectivity index (χ2v) is 4.35. The van der Waals surface area contributed by atoms with Crippen molar-refractivity contribution in [2.45, 2.75) is 25.9 Å². The zero-order chi connectivity index (χ0) is 13.6. The minimum Gasteiger partial charge on any atom is -0.369 e. The van der Waals surface area contributed by atoms with Crippen molar-refractivity contribution >= 4 is 27.6 Å². The lowest BCUT2D eigenvalue weighted by Crippen LogP contribution is -2.12. The van der Waals surface area contributed by atoms with Gasteiger partial charge in [0.25, 0.3) is 0 Å². The molecule has 1 aromatic heterocycles. The van der Waals surface area contributed by atoms with E-state index in [1.54, 1.807) is 0 Å². The molecule has 0 fully saturated rings. The molecule has 0 bridgehead atoms. The van der Waals surface area contributed by atoms with Gasteiger partial charge in [-0.2, -0.15) is 13.2 Å². The average Bonchev–Trinajstić information content (AvgIpc) is 2.28. The van der Waals surface area contributed by atoms with Gasteiger partial charge >= 0.3 is 6.18 Å². The molecular weight excluding hydrogens is 313 g/mol. The molecule has 0 aliphatic rings. The lowest BCUT2D eigenvalue weighted by atomic mass is 10.3.